The Morgan fingerprint density at radius 2 is 1.95 bits per heavy atom. The molecule has 2 rings (SSSR count). The van der Waals surface area contributed by atoms with Gasteiger partial charge in [-0.3, -0.25) is 4.79 Å². The standard InChI is InChI=1S/C17H22O2/c1-5-11(2)17(18)19-16-7-6-14-8-12(3)13(4)9-15(14)10-16/h8-11H,5-7H2,1-4H3. The van der Waals surface area contributed by atoms with Crippen LogP contribution in [0.1, 0.15) is 48.9 Å². The summed E-state index contributed by atoms with van der Waals surface area (Å²) in [5.41, 5.74) is 5.16. The highest BCUT2D eigenvalue weighted by atomic mass is 16.5. The predicted octanol–water partition coefficient (Wildman–Crippen LogP) is 4.18. The summed E-state index contributed by atoms with van der Waals surface area (Å²) in [7, 11) is 0. The summed E-state index contributed by atoms with van der Waals surface area (Å²) >= 11 is 0. The van der Waals surface area contributed by atoms with Crippen LogP contribution >= 0.6 is 0 Å². The summed E-state index contributed by atoms with van der Waals surface area (Å²) in [4.78, 5) is 11.8. The van der Waals surface area contributed by atoms with Gasteiger partial charge in [-0.2, -0.15) is 0 Å². The molecule has 2 nitrogen and oxygen atoms in total. The van der Waals surface area contributed by atoms with E-state index in [-0.39, 0.29) is 11.9 Å². The Morgan fingerprint density at radius 1 is 1.26 bits per heavy atom. The van der Waals surface area contributed by atoms with Crippen molar-refractivity contribution < 1.29 is 9.53 Å². The van der Waals surface area contributed by atoms with Crippen LogP contribution in [0, 0.1) is 19.8 Å². The summed E-state index contributed by atoms with van der Waals surface area (Å²) in [5, 5.41) is 0. The highest BCUT2D eigenvalue weighted by Gasteiger charge is 2.18. The number of rotatable bonds is 3. The van der Waals surface area contributed by atoms with Crippen LogP contribution in [0.3, 0.4) is 0 Å². The number of aryl methyl sites for hydroxylation is 3. The zero-order valence-electron chi connectivity index (χ0n) is 12.2. The average molecular weight is 258 g/mol. The van der Waals surface area contributed by atoms with Gasteiger partial charge in [0.1, 0.15) is 5.76 Å². The van der Waals surface area contributed by atoms with Gasteiger partial charge in [-0.25, -0.2) is 0 Å². The molecule has 1 aromatic rings. The van der Waals surface area contributed by atoms with E-state index >= 15 is 0 Å². The molecule has 0 aromatic heterocycles. The summed E-state index contributed by atoms with van der Waals surface area (Å²) in [6.07, 6.45) is 4.61. The van der Waals surface area contributed by atoms with Crippen molar-refractivity contribution in [1.29, 1.82) is 0 Å². The van der Waals surface area contributed by atoms with Crippen LogP contribution in [0.2, 0.25) is 0 Å². The number of carbonyl (C=O) groups excluding carboxylic acids is 1. The molecule has 1 aliphatic carbocycles. The van der Waals surface area contributed by atoms with Crippen molar-refractivity contribution >= 4 is 12.0 Å². The Bertz CT molecular complexity index is 526. The molecular weight excluding hydrogens is 236 g/mol. The van der Waals surface area contributed by atoms with E-state index in [1.807, 2.05) is 19.9 Å². The number of ether oxygens (including phenoxy) is 1. The molecule has 0 saturated carbocycles. The van der Waals surface area contributed by atoms with Crippen LogP contribution in [-0.4, -0.2) is 5.97 Å². The Kier molecular flexibility index (Phi) is 4.08. The smallest absolute Gasteiger partial charge is 0.313 e. The molecule has 102 valence electrons. The molecular formula is C17H22O2. The van der Waals surface area contributed by atoms with Gasteiger partial charge in [-0.1, -0.05) is 26.0 Å². The van der Waals surface area contributed by atoms with Gasteiger partial charge in [-0.15, -0.1) is 0 Å². The minimum Gasteiger partial charge on any atom is -0.431 e. The number of allylic oxidation sites excluding steroid dienone is 1. The molecule has 1 aromatic carbocycles. The molecule has 19 heavy (non-hydrogen) atoms. The maximum Gasteiger partial charge on any atom is 0.313 e. The molecule has 1 atom stereocenters. The fraction of sp³-hybridized carbons (Fsp3) is 0.471. The Labute approximate surface area is 115 Å². The molecule has 0 amide bonds. The van der Waals surface area contributed by atoms with Crippen molar-refractivity contribution in [2.75, 3.05) is 0 Å². The predicted molar refractivity (Wildman–Crippen MR) is 77.8 cm³/mol. The van der Waals surface area contributed by atoms with E-state index < -0.39 is 0 Å². The molecule has 1 aliphatic rings. The molecule has 0 spiro atoms. The first-order valence-corrected chi connectivity index (χ1v) is 7.03. The van der Waals surface area contributed by atoms with E-state index in [0.717, 1.165) is 25.0 Å². The second kappa shape index (κ2) is 5.60. The maximum atomic E-state index is 11.8. The average Bonchev–Trinajstić information content (AvgIpc) is 2.39. The molecule has 0 fully saturated rings. The zero-order valence-corrected chi connectivity index (χ0v) is 12.2. The number of esters is 1. The number of benzene rings is 1. The first-order valence-electron chi connectivity index (χ1n) is 7.03. The Hall–Kier alpha value is -1.57. The van der Waals surface area contributed by atoms with Gasteiger partial charge in [0.25, 0.3) is 0 Å². The van der Waals surface area contributed by atoms with E-state index in [1.54, 1.807) is 0 Å². The van der Waals surface area contributed by atoms with Crippen LogP contribution in [0.25, 0.3) is 6.08 Å². The lowest BCUT2D eigenvalue weighted by atomic mass is 9.92. The molecule has 2 heteroatoms. The maximum absolute atomic E-state index is 11.8. The quantitative estimate of drug-likeness (QED) is 0.760. The number of hydrogen-bond donors (Lipinski definition) is 0. The highest BCUT2D eigenvalue weighted by molar-refractivity contribution is 5.74. The summed E-state index contributed by atoms with van der Waals surface area (Å²) < 4.78 is 5.49. The van der Waals surface area contributed by atoms with Gasteiger partial charge in [0.05, 0.1) is 5.92 Å². The van der Waals surface area contributed by atoms with Crippen LogP contribution in [0.5, 0.6) is 0 Å². The number of hydrogen-bond acceptors (Lipinski definition) is 2. The van der Waals surface area contributed by atoms with Gasteiger partial charge < -0.3 is 4.74 Å². The van der Waals surface area contributed by atoms with Gasteiger partial charge in [0, 0.05) is 6.42 Å². The van der Waals surface area contributed by atoms with Crippen LogP contribution in [0.4, 0.5) is 0 Å². The normalized spacial score (nSPS) is 15.5. The summed E-state index contributed by atoms with van der Waals surface area (Å²) in [6, 6.07) is 4.43. The lowest BCUT2D eigenvalue weighted by molar-refractivity contribution is -0.143. The fourth-order valence-corrected chi connectivity index (χ4v) is 2.23. The van der Waals surface area contributed by atoms with Crippen molar-refractivity contribution in [1.82, 2.24) is 0 Å². The summed E-state index contributed by atoms with van der Waals surface area (Å²) in [6.45, 7) is 8.16. The molecule has 1 unspecified atom stereocenters. The van der Waals surface area contributed by atoms with Crippen molar-refractivity contribution in [3.05, 3.63) is 40.1 Å². The van der Waals surface area contributed by atoms with Gasteiger partial charge in [0.2, 0.25) is 0 Å². The van der Waals surface area contributed by atoms with Crippen LogP contribution in [0.15, 0.2) is 17.9 Å². The Balaban J connectivity index is 2.19. The SMILES string of the molecule is CCC(C)C(=O)OC1=Cc2cc(C)c(C)cc2CC1. The second-order valence-electron chi connectivity index (χ2n) is 5.48. The first-order chi connectivity index (χ1) is 9.01. The van der Waals surface area contributed by atoms with Gasteiger partial charge in [0.15, 0.2) is 0 Å². The third-order valence-electron chi connectivity index (χ3n) is 3.96. The molecule has 0 heterocycles. The lowest BCUT2D eigenvalue weighted by Gasteiger charge is -2.19. The van der Waals surface area contributed by atoms with E-state index in [1.165, 1.54) is 22.3 Å². The van der Waals surface area contributed by atoms with Crippen LogP contribution in [-0.2, 0) is 16.0 Å². The third kappa shape index (κ3) is 3.06. The topological polar surface area (TPSA) is 26.3 Å². The first kappa shape index (κ1) is 13.9. The van der Waals surface area contributed by atoms with E-state index in [4.69, 9.17) is 4.74 Å². The molecule has 0 radical (unpaired) electrons. The van der Waals surface area contributed by atoms with Crippen molar-refractivity contribution in [2.45, 2.75) is 47.0 Å². The number of carbonyl (C=O) groups is 1. The minimum atomic E-state index is -0.110. The minimum absolute atomic E-state index is 0.0259. The van der Waals surface area contributed by atoms with Gasteiger partial charge in [-0.05, 0) is 55.0 Å². The van der Waals surface area contributed by atoms with Gasteiger partial charge >= 0.3 is 5.97 Å². The largest absolute Gasteiger partial charge is 0.431 e. The van der Waals surface area contributed by atoms with Crippen LogP contribution < -0.4 is 0 Å². The second-order valence-corrected chi connectivity index (χ2v) is 5.48. The third-order valence-corrected chi connectivity index (χ3v) is 3.96. The van der Waals surface area contributed by atoms with E-state index in [0.29, 0.717) is 0 Å². The number of fused-ring (bicyclic) bond motifs is 1. The van der Waals surface area contributed by atoms with Crippen molar-refractivity contribution in [3.8, 4) is 0 Å². The molecule has 0 bridgehead atoms. The lowest BCUT2D eigenvalue weighted by Crippen LogP contribution is -2.15. The summed E-state index contributed by atoms with van der Waals surface area (Å²) in [5.74, 6) is 0.670. The monoisotopic (exact) mass is 258 g/mol. The molecule has 0 aliphatic heterocycles. The van der Waals surface area contributed by atoms with E-state index in [2.05, 4.69) is 26.0 Å². The van der Waals surface area contributed by atoms with Crippen molar-refractivity contribution in [2.24, 2.45) is 5.92 Å². The Morgan fingerprint density at radius 3 is 2.63 bits per heavy atom. The fourth-order valence-electron chi connectivity index (χ4n) is 2.23. The highest BCUT2D eigenvalue weighted by Crippen LogP contribution is 2.27. The molecule has 0 N–H and O–H groups in total. The van der Waals surface area contributed by atoms with Crippen molar-refractivity contribution in [3.63, 3.8) is 0 Å². The zero-order chi connectivity index (χ0) is 14.0. The van der Waals surface area contributed by atoms with E-state index in [9.17, 15) is 4.79 Å². The molecule has 0 saturated heterocycles.